The highest BCUT2D eigenvalue weighted by atomic mass is 32.2. The number of thioether (sulfide) groups is 1. The predicted molar refractivity (Wildman–Crippen MR) is 80.8 cm³/mol. The highest BCUT2D eigenvalue weighted by Crippen LogP contribution is 2.42. The molecule has 4 nitrogen and oxygen atoms in total. The van der Waals surface area contributed by atoms with E-state index in [-0.39, 0.29) is 16.2 Å². The van der Waals surface area contributed by atoms with Crippen LogP contribution in [0.1, 0.15) is 36.5 Å². The third-order valence-corrected chi connectivity index (χ3v) is 5.13. The first kappa shape index (κ1) is 15.1. The molecule has 6 heteroatoms. The average Bonchev–Trinajstić information content (AvgIpc) is 2.40. The van der Waals surface area contributed by atoms with E-state index < -0.39 is 5.82 Å². The van der Waals surface area contributed by atoms with E-state index in [2.05, 4.69) is 21.9 Å². The van der Waals surface area contributed by atoms with Crippen LogP contribution in [0.25, 0.3) is 0 Å². The smallest absolute Gasteiger partial charge is 0.255 e. The molecular weight excluding hydrogens is 277 g/mol. The maximum atomic E-state index is 13.3. The van der Waals surface area contributed by atoms with Crippen molar-refractivity contribution in [2.75, 3.05) is 24.7 Å². The second kappa shape index (κ2) is 6.43. The van der Waals surface area contributed by atoms with Gasteiger partial charge in [0.25, 0.3) is 5.91 Å². The van der Waals surface area contributed by atoms with Gasteiger partial charge in [-0.3, -0.25) is 4.79 Å². The van der Waals surface area contributed by atoms with E-state index in [0.717, 1.165) is 19.0 Å². The van der Waals surface area contributed by atoms with Crippen LogP contribution < -0.4 is 10.6 Å². The van der Waals surface area contributed by atoms with Gasteiger partial charge in [-0.25, -0.2) is 9.37 Å². The minimum absolute atomic E-state index is 0.161. The largest absolute Gasteiger partial charge is 0.370 e. The summed E-state index contributed by atoms with van der Waals surface area (Å²) >= 11 is 1.79. The summed E-state index contributed by atoms with van der Waals surface area (Å²) in [7, 11) is 0. The third-order valence-electron chi connectivity index (χ3n) is 3.71. The minimum Gasteiger partial charge on any atom is -0.370 e. The molecule has 20 heavy (non-hydrogen) atoms. The molecule has 0 bridgehead atoms. The van der Waals surface area contributed by atoms with Crippen molar-refractivity contribution in [2.24, 2.45) is 0 Å². The topological polar surface area (TPSA) is 54.0 Å². The standard InChI is InChI=1S/C14H20FN3OS/c1-3-16-12-11(7-10(15)8-17-12)13(19)18-9-14(20-2)5-4-6-14/h7-8H,3-6,9H2,1-2H3,(H,16,17)(H,18,19). The van der Waals surface area contributed by atoms with Crippen LogP contribution in [-0.2, 0) is 0 Å². The fourth-order valence-corrected chi connectivity index (χ4v) is 3.19. The molecule has 1 aromatic rings. The summed E-state index contributed by atoms with van der Waals surface area (Å²) < 4.78 is 13.5. The molecule has 1 heterocycles. The van der Waals surface area contributed by atoms with E-state index in [0.29, 0.717) is 18.9 Å². The van der Waals surface area contributed by atoms with Gasteiger partial charge >= 0.3 is 0 Å². The van der Waals surface area contributed by atoms with Crippen LogP contribution >= 0.6 is 11.8 Å². The van der Waals surface area contributed by atoms with Gasteiger partial charge in [0.1, 0.15) is 11.6 Å². The Kier molecular flexibility index (Phi) is 4.86. The van der Waals surface area contributed by atoms with E-state index in [4.69, 9.17) is 0 Å². The van der Waals surface area contributed by atoms with Crippen LogP contribution in [-0.4, -0.2) is 35.0 Å². The number of carbonyl (C=O) groups is 1. The van der Waals surface area contributed by atoms with Gasteiger partial charge in [0.05, 0.1) is 11.8 Å². The average molecular weight is 297 g/mol. The normalized spacial score (nSPS) is 16.4. The first-order valence-electron chi connectivity index (χ1n) is 6.83. The quantitative estimate of drug-likeness (QED) is 0.847. The van der Waals surface area contributed by atoms with Crippen molar-refractivity contribution >= 4 is 23.5 Å². The Morgan fingerprint density at radius 1 is 1.55 bits per heavy atom. The van der Waals surface area contributed by atoms with E-state index in [1.54, 1.807) is 11.8 Å². The monoisotopic (exact) mass is 297 g/mol. The molecule has 0 saturated heterocycles. The Hall–Kier alpha value is -1.30. The number of hydrogen-bond acceptors (Lipinski definition) is 4. The van der Waals surface area contributed by atoms with Crippen molar-refractivity contribution in [1.29, 1.82) is 0 Å². The molecule has 1 aromatic heterocycles. The summed E-state index contributed by atoms with van der Waals surface area (Å²) in [6.07, 6.45) is 6.63. The summed E-state index contributed by atoms with van der Waals surface area (Å²) in [5, 5.41) is 5.89. The van der Waals surface area contributed by atoms with Crippen LogP contribution in [0.15, 0.2) is 12.3 Å². The molecular formula is C14H20FN3OS. The summed E-state index contributed by atoms with van der Waals surface area (Å²) in [5.74, 6) is -0.341. The maximum Gasteiger partial charge on any atom is 0.255 e. The highest BCUT2D eigenvalue weighted by molar-refractivity contribution is 8.00. The highest BCUT2D eigenvalue weighted by Gasteiger charge is 2.36. The summed E-state index contributed by atoms with van der Waals surface area (Å²) in [5.41, 5.74) is 0.266. The molecule has 0 unspecified atom stereocenters. The summed E-state index contributed by atoms with van der Waals surface area (Å²) in [6.45, 7) is 3.16. The summed E-state index contributed by atoms with van der Waals surface area (Å²) in [4.78, 5) is 16.2. The first-order valence-corrected chi connectivity index (χ1v) is 8.05. The second-order valence-electron chi connectivity index (χ2n) is 5.00. The third kappa shape index (κ3) is 3.23. The van der Waals surface area contributed by atoms with Crippen molar-refractivity contribution < 1.29 is 9.18 Å². The Bertz CT molecular complexity index is 486. The van der Waals surface area contributed by atoms with E-state index in [9.17, 15) is 9.18 Å². The molecule has 0 spiro atoms. The van der Waals surface area contributed by atoms with Gasteiger partial charge in [-0.05, 0) is 32.1 Å². The van der Waals surface area contributed by atoms with Crippen molar-refractivity contribution in [3.8, 4) is 0 Å². The Morgan fingerprint density at radius 3 is 2.85 bits per heavy atom. The second-order valence-corrected chi connectivity index (χ2v) is 6.28. The lowest BCUT2D eigenvalue weighted by Crippen LogP contribution is -2.45. The molecule has 110 valence electrons. The zero-order valence-corrected chi connectivity index (χ0v) is 12.6. The number of carbonyl (C=O) groups excluding carboxylic acids is 1. The number of nitrogens with zero attached hydrogens (tertiary/aromatic N) is 1. The lowest BCUT2D eigenvalue weighted by molar-refractivity contribution is 0.0944. The van der Waals surface area contributed by atoms with Gasteiger partial charge in [0, 0.05) is 17.8 Å². The van der Waals surface area contributed by atoms with Gasteiger partial charge in [-0.2, -0.15) is 11.8 Å². The van der Waals surface area contributed by atoms with Gasteiger partial charge in [-0.1, -0.05) is 6.42 Å². The molecule has 1 aliphatic carbocycles. The van der Waals surface area contributed by atoms with E-state index in [1.807, 2.05) is 6.92 Å². The van der Waals surface area contributed by atoms with Crippen LogP contribution in [0.3, 0.4) is 0 Å². The van der Waals surface area contributed by atoms with Crippen LogP contribution in [0.5, 0.6) is 0 Å². The molecule has 1 fully saturated rings. The minimum atomic E-state index is -0.500. The molecule has 1 aliphatic rings. The number of hydrogen-bond donors (Lipinski definition) is 2. The molecule has 1 saturated carbocycles. The molecule has 0 aromatic carbocycles. The number of pyridine rings is 1. The Balaban J connectivity index is 2.06. The lowest BCUT2D eigenvalue weighted by Gasteiger charge is -2.40. The number of aromatic nitrogens is 1. The fraction of sp³-hybridized carbons (Fsp3) is 0.571. The molecule has 0 aliphatic heterocycles. The van der Waals surface area contributed by atoms with Crippen molar-refractivity contribution in [3.63, 3.8) is 0 Å². The van der Waals surface area contributed by atoms with Gasteiger partial charge < -0.3 is 10.6 Å². The van der Waals surface area contributed by atoms with Crippen molar-refractivity contribution in [3.05, 3.63) is 23.6 Å². The first-order chi connectivity index (χ1) is 9.60. The van der Waals surface area contributed by atoms with Crippen LogP contribution in [0, 0.1) is 5.82 Å². The van der Waals surface area contributed by atoms with Crippen LogP contribution in [0.2, 0.25) is 0 Å². The van der Waals surface area contributed by atoms with Crippen LogP contribution in [0.4, 0.5) is 10.2 Å². The zero-order valence-electron chi connectivity index (χ0n) is 11.8. The van der Waals surface area contributed by atoms with E-state index >= 15 is 0 Å². The van der Waals surface area contributed by atoms with Crippen molar-refractivity contribution in [1.82, 2.24) is 10.3 Å². The van der Waals surface area contributed by atoms with Gasteiger partial charge in [0.2, 0.25) is 0 Å². The molecule has 2 N–H and O–H groups in total. The zero-order chi connectivity index (χ0) is 14.6. The van der Waals surface area contributed by atoms with Gasteiger partial charge in [-0.15, -0.1) is 0 Å². The molecule has 0 radical (unpaired) electrons. The Morgan fingerprint density at radius 2 is 2.30 bits per heavy atom. The number of nitrogens with one attached hydrogen (secondary N) is 2. The fourth-order valence-electron chi connectivity index (χ4n) is 2.28. The summed E-state index contributed by atoms with van der Waals surface area (Å²) in [6, 6.07) is 1.23. The van der Waals surface area contributed by atoms with E-state index in [1.165, 1.54) is 12.5 Å². The maximum absolute atomic E-state index is 13.3. The number of anilines is 1. The van der Waals surface area contributed by atoms with Crippen molar-refractivity contribution in [2.45, 2.75) is 30.9 Å². The lowest BCUT2D eigenvalue weighted by atomic mass is 9.84. The molecule has 2 rings (SSSR count). The Labute approximate surface area is 122 Å². The number of rotatable bonds is 6. The molecule has 0 atom stereocenters. The number of amides is 1. The molecule has 1 amide bonds. The SMILES string of the molecule is CCNc1ncc(F)cc1C(=O)NCC1(SC)CCC1. The predicted octanol–water partition coefficient (Wildman–Crippen LogP) is 2.67. The van der Waals surface area contributed by atoms with Gasteiger partial charge in [0.15, 0.2) is 0 Å². The number of halogens is 1.